The highest BCUT2D eigenvalue weighted by atomic mass is 32.1. The lowest BCUT2D eigenvalue weighted by Crippen LogP contribution is -1.94. The molecule has 0 bridgehead atoms. The Morgan fingerprint density at radius 1 is 0.263 bits per heavy atom. The van der Waals surface area contributed by atoms with E-state index >= 15 is 0 Å². The summed E-state index contributed by atoms with van der Waals surface area (Å²) in [5.41, 5.74) is 14.4. The minimum Gasteiger partial charge on any atom is -0.309 e. The number of fused-ring (bicyclic) bond motifs is 10. The third-order valence-electron chi connectivity index (χ3n) is 11.7. The maximum absolute atomic E-state index is 2.47. The summed E-state index contributed by atoms with van der Waals surface area (Å²) in [5.74, 6) is 0. The fraction of sp³-hybridized carbons (Fsp3) is 0. The summed E-state index contributed by atoms with van der Waals surface area (Å²) >= 11 is 1.88. The Kier molecular flexibility index (Phi) is 7.13. The first kappa shape index (κ1) is 32.1. The van der Waals surface area contributed by atoms with Crippen molar-refractivity contribution in [3.8, 4) is 44.8 Å². The lowest BCUT2D eigenvalue weighted by atomic mass is 9.99. The van der Waals surface area contributed by atoms with Gasteiger partial charge >= 0.3 is 0 Å². The molecule has 3 aromatic heterocycles. The second-order valence-electron chi connectivity index (χ2n) is 14.9. The molecule has 266 valence electrons. The van der Waals surface area contributed by atoms with Gasteiger partial charge in [-0.05, 0) is 106 Å². The van der Waals surface area contributed by atoms with E-state index in [0.717, 1.165) is 11.4 Å². The van der Waals surface area contributed by atoms with Gasteiger partial charge < -0.3 is 9.13 Å². The van der Waals surface area contributed by atoms with Crippen molar-refractivity contribution >= 4 is 75.1 Å². The molecule has 3 heterocycles. The Labute approximate surface area is 333 Å². The zero-order valence-electron chi connectivity index (χ0n) is 30.9. The van der Waals surface area contributed by atoms with E-state index in [9.17, 15) is 0 Å². The minimum absolute atomic E-state index is 1.16. The fourth-order valence-corrected chi connectivity index (χ4v) is 10.2. The second kappa shape index (κ2) is 12.7. The van der Waals surface area contributed by atoms with Crippen LogP contribution in [-0.4, -0.2) is 9.13 Å². The standard InChI is InChI=1S/C54H34N2S/c1-3-13-35(14-4-1)37-17-11-19-41(31-37)55-47-23-9-7-21-43(47)45-33-39(25-27-48(45)55)40-26-28-49-46(34-40)53-50(29-30-52-54(53)44-22-8-10-24-51(44)57-52)56(49)42-20-12-18-38(32-42)36-15-5-2-6-16-36/h1-34H. The minimum atomic E-state index is 1.16. The van der Waals surface area contributed by atoms with Gasteiger partial charge in [-0.25, -0.2) is 0 Å². The quantitative estimate of drug-likeness (QED) is 0.166. The van der Waals surface area contributed by atoms with Crippen molar-refractivity contribution in [2.24, 2.45) is 0 Å². The fourth-order valence-electron chi connectivity index (χ4n) is 9.12. The summed E-state index contributed by atoms with van der Waals surface area (Å²) in [4.78, 5) is 0. The first-order valence-electron chi connectivity index (χ1n) is 19.5. The van der Waals surface area contributed by atoms with Crippen LogP contribution < -0.4 is 0 Å². The molecule has 0 amide bonds. The van der Waals surface area contributed by atoms with Crippen LogP contribution in [0.5, 0.6) is 0 Å². The summed E-state index contributed by atoms with van der Waals surface area (Å²) in [6, 6.07) is 75.6. The molecule has 12 rings (SSSR count). The van der Waals surface area contributed by atoms with Crippen molar-refractivity contribution in [2.75, 3.05) is 0 Å². The predicted molar refractivity (Wildman–Crippen MR) is 244 cm³/mol. The van der Waals surface area contributed by atoms with E-state index in [0.29, 0.717) is 0 Å². The van der Waals surface area contributed by atoms with Gasteiger partial charge in [0.15, 0.2) is 0 Å². The second-order valence-corrected chi connectivity index (χ2v) is 16.0. The smallest absolute Gasteiger partial charge is 0.0548 e. The zero-order valence-corrected chi connectivity index (χ0v) is 31.7. The molecule has 9 aromatic carbocycles. The van der Waals surface area contributed by atoms with Crippen LogP contribution in [0.1, 0.15) is 0 Å². The van der Waals surface area contributed by atoms with E-state index in [1.807, 2.05) is 11.3 Å². The van der Waals surface area contributed by atoms with Gasteiger partial charge in [0.25, 0.3) is 0 Å². The summed E-state index contributed by atoms with van der Waals surface area (Å²) in [6.45, 7) is 0. The molecule has 0 fully saturated rings. The highest BCUT2D eigenvalue weighted by molar-refractivity contribution is 7.26. The van der Waals surface area contributed by atoms with Crippen LogP contribution in [0, 0.1) is 0 Å². The van der Waals surface area contributed by atoms with E-state index in [4.69, 9.17) is 0 Å². The number of thiophene rings is 1. The SMILES string of the molecule is c1ccc(-c2cccc(-n3c4ccccc4c4cc(-c5ccc6c(c5)c5c7c(ccc5n6-c5cccc(-c6ccccc6)c5)sc5ccccc57)ccc43)c2)cc1. The Bertz CT molecular complexity index is 3510. The number of benzene rings is 9. The highest BCUT2D eigenvalue weighted by Crippen LogP contribution is 2.45. The van der Waals surface area contributed by atoms with E-state index in [-0.39, 0.29) is 0 Å². The number of rotatable bonds is 5. The molecule has 57 heavy (non-hydrogen) atoms. The molecule has 0 radical (unpaired) electrons. The first-order chi connectivity index (χ1) is 28.3. The molecule has 12 aromatic rings. The van der Waals surface area contributed by atoms with Crippen molar-refractivity contribution < 1.29 is 0 Å². The molecular weight excluding hydrogens is 709 g/mol. The van der Waals surface area contributed by atoms with Gasteiger partial charge in [0.2, 0.25) is 0 Å². The lowest BCUT2D eigenvalue weighted by Gasteiger charge is -2.11. The predicted octanol–water partition coefficient (Wildman–Crippen LogP) is 15.2. The number of aromatic nitrogens is 2. The van der Waals surface area contributed by atoms with Crippen molar-refractivity contribution in [3.63, 3.8) is 0 Å². The summed E-state index contributed by atoms with van der Waals surface area (Å²) < 4.78 is 7.52. The van der Waals surface area contributed by atoms with Crippen molar-refractivity contribution in [1.29, 1.82) is 0 Å². The Morgan fingerprint density at radius 3 is 1.44 bits per heavy atom. The number of hydrogen-bond donors (Lipinski definition) is 0. The van der Waals surface area contributed by atoms with Gasteiger partial charge in [0, 0.05) is 53.1 Å². The summed E-state index contributed by atoms with van der Waals surface area (Å²) in [6.07, 6.45) is 0. The maximum atomic E-state index is 2.47. The molecule has 0 spiro atoms. The summed E-state index contributed by atoms with van der Waals surface area (Å²) in [5, 5.41) is 7.73. The third kappa shape index (κ3) is 5.03. The van der Waals surface area contributed by atoms with Crippen LogP contribution >= 0.6 is 11.3 Å². The molecule has 3 heteroatoms. The van der Waals surface area contributed by atoms with Crippen LogP contribution in [0.3, 0.4) is 0 Å². The summed E-state index contributed by atoms with van der Waals surface area (Å²) in [7, 11) is 0. The molecule has 0 aliphatic rings. The van der Waals surface area contributed by atoms with Crippen LogP contribution in [0.25, 0.3) is 109 Å². The Hall–Kier alpha value is -7.20. The average Bonchev–Trinajstić information content (AvgIpc) is 3.94. The molecule has 0 N–H and O–H groups in total. The lowest BCUT2D eigenvalue weighted by molar-refractivity contribution is 1.18. The van der Waals surface area contributed by atoms with Crippen LogP contribution in [-0.2, 0) is 0 Å². The molecular formula is C54H34N2S. The number of nitrogens with zero attached hydrogens (tertiary/aromatic N) is 2. The van der Waals surface area contributed by atoms with Crippen molar-refractivity contribution in [2.45, 2.75) is 0 Å². The monoisotopic (exact) mass is 742 g/mol. The number of hydrogen-bond acceptors (Lipinski definition) is 1. The van der Waals surface area contributed by atoms with Crippen LogP contribution in [0.4, 0.5) is 0 Å². The Morgan fingerprint density at radius 2 is 0.754 bits per heavy atom. The van der Waals surface area contributed by atoms with Gasteiger partial charge in [-0.15, -0.1) is 11.3 Å². The molecule has 2 nitrogen and oxygen atoms in total. The third-order valence-corrected chi connectivity index (χ3v) is 12.8. The van der Waals surface area contributed by atoms with Crippen molar-refractivity contribution in [3.05, 3.63) is 206 Å². The molecule has 0 atom stereocenters. The number of para-hydroxylation sites is 1. The normalized spacial score (nSPS) is 11.9. The van der Waals surface area contributed by atoms with Gasteiger partial charge in [0.05, 0.1) is 22.1 Å². The first-order valence-corrected chi connectivity index (χ1v) is 20.3. The van der Waals surface area contributed by atoms with Gasteiger partial charge in [0.1, 0.15) is 0 Å². The molecule has 0 saturated heterocycles. The topological polar surface area (TPSA) is 9.86 Å². The largest absolute Gasteiger partial charge is 0.309 e. The Balaban J connectivity index is 1.08. The van der Waals surface area contributed by atoms with E-state index in [2.05, 4.69) is 215 Å². The van der Waals surface area contributed by atoms with Gasteiger partial charge in [-0.1, -0.05) is 133 Å². The van der Waals surface area contributed by atoms with E-state index in [1.165, 1.54) is 97.2 Å². The van der Waals surface area contributed by atoms with E-state index < -0.39 is 0 Å². The van der Waals surface area contributed by atoms with Gasteiger partial charge in [-0.3, -0.25) is 0 Å². The van der Waals surface area contributed by atoms with E-state index in [1.54, 1.807) is 0 Å². The maximum Gasteiger partial charge on any atom is 0.0548 e. The van der Waals surface area contributed by atoms with Crippen LogP contribution in [0.15, 0.2) is 206 Å². The molecule has 0 aliphatic carbocycles. The molecule has 0 saturated carbocycles. The van der Waals surface area contributed by atoms with Crippen molar-refractivity contribution in [1.82, 2.24) is 9.13 Å². The van der Waals surface area contributed by atoms with Crippen LogP contribution in [0.2, 0.25) is 0 Å². The zero-order chi connectivity index (χ0) is 37.5. The highest BCUT2D eigenvalue weighted by Gasteiger charge is 2.20. The average molecular weight is 743 g/mol. The molecule has 0 unspecified atom stereocenters. The van der Waals surface area contributed by atoms with Gasteiger partial charge in [-0.2, -0.15) is 0 Å². The molecule has 0 aliphatic heterocycles.